The number of carbonyl (C=O) groups excluding carboxylic acids is 2. The Morgan fingerprint density at radius 2 is 2.23 bits per heavy atom. The molecule has 0 aromatic carbocycles. The predicted octanol–water partition coefficient (Wildman–Crippen LogP) is 1.11. The molecule has 4 heteroatoms. The van der Waals surface area contributed by atoms with Gasteiger partial charge in [-0.3, -0.25) is 4.79 Å². The van der Waals surface area contributed by atoms with Crippen molar-refractivity contribution in [3.05, 3.63) is 11.3 Å². The molecular formula is C9H12O4. The van der Waals surface area contributed by atoms with Crippen molar-refractivity contribution >= 4 is 11.8 Å². The fraction of sp³-hybridized carbons (Fsp3) is 0.556. The molecule has 1 heterocycles. The fourth-order valence-electron chi connectivity index (χ4n) is 1.19. The van der Waals surface area contributed by atoms with E-state index in [-0.39, 0.29) is 23.5 Å². The molecular weight excluding hydrogens is 172 g/mol. The monoisotopic (exact) mass is 184 g/mol. The molecule has 0 spiro atoms. The first kappa shape index (κ1) is 9.77. The van der Waals surface area contributed by atoms with E-state index < -0.39 is 12.1 Å². The molecule has 4 nitrogen and oxygen atoms in total. The Bertz CT molecular complexity index is 277. The summed E-state index contributed by atoms with van der Waals surface area (Å²) in [6, 6.07) is 0. The summed E-state index contributed by atoms with van der Waals surface area (Å²) in [6.07, 6.45) is 0.238. The van der Waals surface area contributed by atoms with Gasteiger partial charge in [-0.05, 0) is 13.3 Å². The Balaban J connectivity index is 2.89. The lowest BCUT2D eigenvalue weighted by molar-refractivity contribution is -0.140. The standard InChI is InChI=1S/C9H12O4/c1-3-4-6(10)7-8(11)5(2)13-9(7)12/h5,11H,3-4H2,1-2H3. The third-order valence-electron chi connectivity index (χ3n) is 1.89. The number of cyclic esters (lactones) is 1. The molecule has 0 radical (unpaired) electrons. The normalized spacial score (nSPS) is 22.0. The van der Waals surface area contributed by atoms with Gasteiger partial charge in [-0.25, -0.2) is 4.79 Å². The van der Waals surface area contributed by atoms with E-state index in [1.54, 1.807) is 0 Å². The smallest absolute Gasteiger partial charge is 0.346 e. The van der Waals surface area contributed by atoms with Gasteiger partial charge in [-0.2, -0.15) is 0 Å². The predicted molar refractivity (Wildman–Crippen MR) is 45.1 cm³/mol. The Morgan fingerprint density at radius 1 is 1.62 bits per heavy atom. The lowest BCUT2D eigenvalue weighted by Crippen LogP contribution is -2.10. The quantitative estimate of drug-likeness (QED) is 0.527. The van der Waals surface area contributed by atoms with Crippen LogP contribution < -0.4 is 0 Å². The maximum Gasteiger partial charge on any atom is 0.346 e. The van der Waals surface area contributed by atoms with Crippen molar-refractivity contribution in [1.82, 2.24) is 0 Å². The van der Waals surface area contributed by atoms with Crippen molar-refractivity contribution in [2.45, 2.75) is 32.8 Å². The van der Waals surface area contributed by atoms with E-state index in [4.69, 9.17) is 0 Å². The Labute approximate surface area is 76.2 Å². The molecule has 1 rings (SSSR count). The molecule has 72 valence electrons. The summed E-state index contributed by atoms with van der Waals surface area (Å²) in [5, 5.41) is 9.34. The third kappa shape index (κ3) is 1.71. The maximum absolute atomic E-state index is 11.3. The molecule has 0 saturated carbocycles. The second kappa shape index (κ2) is 3.60. The van der Waals surface area contributed by atoms with Crippen molar-refractivity contribution < 1.29 is 19.4 Å². The number of ether oxygens (including phenoxy) is 1. The summed E-state index contributed by atoms with van der Waals surface area (Å²) in [6.45, 7) is 3.36. The Kier molecular flexibility index (Phi) is 2.70. The number of carbonyl (C=O) groups is 2. The summed E-state index contributed by atoms with van der Waals surface area (Å²) in [7, 11) is 0. The van der Waals surface area contributed by atoms with Gasteiger partial charge in [-0.15, -0.1) is 0 Å². The average Bonchev–Trinajstić information content (AvgIpc) is 2.27. The van der Waals surface area contributed by atoms with Crippen LogP contribution in [0.3, 0.4) is 0 Å². The van der Waals surface area contributed by atoms with E-state index in [2.05, 4.69) is 4.74 Å². The molecule has 1 unspecified atom stereocenters. The number of aliphatic hydroxyl groups excluding tert-OH is 1. The summed E-state index contributed by atoms with van der Waals surface area (Å²) in [5.41, 5.74) is -0.172. The van der Waals surface area contributed by atoms with Crippen molar-refractivity contribution in [3.63, 3.8) is 0 Å². The van der Waals surface area contributed by atoms with E-state index in [0.717, 1.165) is 0 Å². The van der Waals surface area contributed by atoms with Gasteiger partial charge < -0.3 is 9.84 Å². The van der Waals surface area contributed by atoms with Gasteiger partial charge in [0, 0.05) is 6.42 Å². The highest BCUT2D eigenvalue weighted by Crippen LogP contribution is 2.21. The van der Waals surface area contributed by atoms with Crippen LogP contribution in [0.15, 0.2) is 11.3 Å². The maximum atomic E-state index is 11.3. The SMILES string of the molecule is CCCC(=O)C1=C(O)C(C)OC1=O. The highest BCUT2D eigenvalue weighted by molar-refractivity contribution is 6.18. The average molecular weight is 184 g/mol. The Hall–Kier alpha value is -1.32. The van der Waals surface area contributed by atoms with Crippen LogP contribution in [0, 0.1) is 0 Å². The van der Waals surface area contributed by atoms with Crippen LogP contribution in [0.2, 0.25) is 0 Å². The molecule has 1 N–H and O–H groups in total. The zero-order valence-electron chi connectivity index (χ0n) is 7.66. The zero-order valence-corrected chi connectivity index (χ0v) is 7.66. The van der Waals surface area contributed by atoms with E-state index in [1.807, 2.05) is 6.92 Å². The van der Waals surface area contributed by atoms with Crippen LogP contribution >= 0.6 is 0 Å². The first-order chi connectivity index (χ1) is 6.07. The summed E-state index contributed by atoms with van der Waals surface area (Å²) < 4.78 is 4.67. The van der Waals surface area contributed by atoms with Crippen molar-refractivity contribution in [1.29, 1.82) is 0 Å². The summed E-state index contributed by atoms with van der Waals surface area (Å²) in [4.78, 5) is 22.3. The number of ketones is 1. The highest BCUT2D eigenvalue weighted by Gasteiger charge is 2.34. The van der Waals surface area contributed by atoms with Crippen molar-refractivity contribution in [2.75, 3.05) is 0 Å². The van der Waals surface area contributed by atoms with Gasteiger partial charge >= 0.3 is 5.97 Å². The van der Waals surface area contributed by atoms with Gasteiger partial charge in [0.05, 0.1) is 0 Å². The van der Waals surface area contributed by atoms with Crippen LogP contribution in [-0.4, -0.2) is 23.0 Å². The topological polar surface area (TPSA) is 63.6 Å². The minimum Gasteiger partial charge on any atom is -0.507 e. The minimum atomic E-state index is -0.705. The highest BCUT2D eigenvalue weighted by atomic mass is 16.6. The molecule has 13 heavy (non-hydrogen) atoms. The number of esters is 1. The molecule has 0 fully saturated rings. The first-order valence-electron chi connectivity index (χ1n) is 4.25. The number of hydrogen-bond donors (Lipinski definition) is 1. The summed E-state index contributed by atoms with van der Waals surface area (Å²) >= 11 is 0. The molecule has 1 atom stereocenters. The van der Waals surface area contributed by atoms with Gasteiger partial charge in [0.15, 0.2) is 17.6 Å². The largest absolute Gasteiger partial charge is 0.507 e. The summed E-state index contributed by atoms with van der Waals surface area (Å²) in [5.74, 6) is -1.28. The molecule has 0 saturated heterocycles. The molecule has 0 aromatic heterocycles. The first-order valence-corrected chi connectivity index (χ1v) is 4.25. The van der Waals surface area contributed by atoms with E-state index in [1.165, 1.54) is 6.92 Å². The van der Waals surface area contributed by atoms with E-state index >= 15 is 0 Å². The fourth-order valence-corrected chi connectivity index (χ4v) is 1.19. The van der Waals surface area contributed by atoms with Crippen molar-refractivity contribution in [2.24, 2.45) is 0 Å². The lowest BCUT2D eigenvalue weighted by Gasteiger charge is -1.99. The third-order valence-corrected chi connectivity index (χ3v) is 1.89. The van der Waals surface area contributed by atoms with Crippen LogP contribution in [0.25, 0.3) is 0 Å². The van der Waals surface area contributed by atoms with Crippen LogP contribution in [0.4, 0.5) is 0 Å². The van der Waals surface area contributed by atoms with Crippen LogP contribution in [-0.2, 0) is 14.3 Å². The van der Waals surface area contributed by atoms with Gasteiger partial charge in [0.1, 0.15) is 5.57 Å². The molecule has 0 amide bonds. The van der Waals surface area contributed by atoms with E-state index in [0.29, 0.717) is 6.42 Å². The van der Waals surface area contributed by atoms with Gasteiger partial charge in [-0.1, -0.05) is 6.92 Å². The number of hydrogen-bond acceptors (Lipinski definition) is 4. The van der Waals surface area contributed by atoms with Gasteiger partial charge in [0.2, 0.25) is 0 Å². The van der Waals surface area contributed by atoms with Crippen LogP contribution in [0.1, 0.15) is 26.7 Å². The number of Topliss-reactive ketones (excluding diaryl/α,β-unsaturated/α-hetero) is 1. The molecule has 1 aliphatic heterocycles. The number of aliphatic hydroxyl groups is 1. The molecule has 0 aromatic rings. The lowest BCUT2D eigenvalue weighted by atomic mass is 10.1. The minimum absolute atomic E-state index is 0.172. The second-order valence-corrected chi connectivity index (χ2v) is 2.98. The molecule has 1 aliphatic rings. The van der Waals surface area contributed by atoms with Crippen LogP contribution in [0.5, 0.6) is 0 Å². The molecule has 0 aliphatic carbocycles. The van der Waals surface area contributed by atoms with Crippen molar-refractivity contribution in [3.8, 4) is 0 Å². The molecule has 0 bridgehead atoms. The Morgan fingerprint density at radius 3 is 2.62 bits per heavy atom. The number of rotatable bonds is 3. The van der Waals surface area contributed by atoms with Gasteiger partial charge in [0.25, 0.3) is 0 Å². The van der Waals surface area contributed by atoms with E-state index in [9.17, 15) is 14.7 Å². The zero-order chi connectivity index (χ0) is 10.0. The second-order valence-electron chi connectivity index (χ2n) is 2.98.